The van der Waals surface area contributed by atoms with Gasteiger partial charge in [0.1, 0.15) is 12.8 Å². The Labute approximate surface area is 213 Å². The predicted molar refractivity (Wildman–Crippen MR) is 140 cm³/mol. The van der Waals surface area contributed by atoms with Crippen LogP contribution in [0.2, 0.25) is 0 Å². The molecule has 0 fully saturated rings. The Kier molecular flexibility index (Phi) is 11.2. The Morgan fingerprint density at radius 2 is 1.39 bits per heavy atom. The largest absolute Gasteiger partial charge is 0.487 e. The van der Waals surface area contributed by atoms with Crippen molar-refractivity contribution in [3.05, 3.63) is 66.0 Å². The number of aryl methyl sites for hydroxylation is 1. The van der Waals surface area contributed by atoms with Gasteiger partial charge in [0.15, 0.2) is 17.4 Å². The molecule has 0 saturated carbocycles. The fourth-order valence-electron chi connectivity index (χ4n) is 4.11. The fraction of sp³-hybridized carbons (Fsp3) is 0.467. The molecule has 1 atom stereocenters. The number of hydrogen-bond donors (Lipinski definition) is 0. The molecular weight excluding hydrogens is 461 g/mol. The topological polar surface area (TPSA) is 35.0 Å². The Hall–Kier alpha value is -2.89. The first-order chi connectivity index (χ1) is 17.5. The third-order valence-electron chi connectivity index (χ3n) is 6.32. The summed E-state index contributed by atoms with van der Waals surface area (Å²) in [7, 11) is 0. The standard InChI is InChI=1S/C30H37F3N2O/c1-3-5-7-8-10-11-22-19-34-30(35-20-22)24-15-13-23(14-16-24)26-17-18-27(29(33)28(26)32)36-21-25(31)12-9-6-4-2/h13-20,25H,3-12,21H2,1-2H3. The van der Waals surface area contributed by atoms with Crippen LogP contribution < -0.4 is 4.74 Å². The number of rotatable bonds is 15. The third-order valence-corrected chi connectivity index (χ3v) is 6.32. The summed E-state index contributed by atoms with van der Waals surface area (Å²) in [6, 6.07) is 9.82. The molecule has 0 amide bonds. The highest BCUT2D eigenvalue weighted by Crippen LogP contribution is 2.31. The van der Waals surface area contributed by atoms with E-state index in [1.807, 2.05) is 19.3 Å². The smallest absolute Gasteiger partial charge is 0.201 e. The van der Waals surface area contributed by atoms with Gasteiger partial charge in [-0.25, -0.2) is 18.7 Å². The predicted octanol–water partition coefficient (Wildman–Crippen LogP) is 8.90. The van der Waals surface area contributed by atoms with Crippen molar-refractivity contribution in [2.24, 2.45) is 0 Å². The van der Waals surface area contributed by atoms with Crippen molar-refractivity contribution in [1.29, 1.82) is 0 Å². The molecule has 1 heterocycles. The van der Waals surface area contributed by atoms with Gasteiger partial charge in [-0.15, -0.1) is 0 Å². The number of hydrogen-bond acceptors (Lipinski definition) is 3. The highest BCUT2D eigenvalue weighted by atomic mass is 19.2. The van der Waals surface area contributed by atoms with Crippen LogP contribution in [0.4, 0.5) is 13.2 Å². The third kappa shape index (κ3) is 8.07. The molecule has 0 aliphatic rings. The van der Waals surface area contributed by atoms with Crippen LogP contribution in [0.1, 0.15) is 77.2 Å². The zero-order valence-corrected chi connectivity index (χ0v) is 21.4. The minimum Gasteiger partial charge on any atom is -0.487 e. The van der Waals surface area contributed by atoms with Crippen LogP contribution in [0.3, 0.4) is 0 Å². The maximum Gasteiger partial charge on any atom is 0.201 e. The van der Waals surface area contributed by atoms with Crippen molar-refractivity contribution in [1.82, 2.24) is 9.97 Å². The van der Waals surface area contributed by atoms with Crippen LogP contribution >= 0.6 is 0 Å². The molecule has 6 heteroatoms. The Bertz CT molecular complexity index is 1060. The summed E-state index contributed by atoms with van der Waals surface area (Å²) < 4.78 is 48.5. The normalized spacial score (nSPS) is 12.0. The molecule has 2 aromatic carbocycles. The van der Waals surface area contributed by atoms with Crippen LogP contribution in [0.25, 0.3) is 22.5 Å². The summed E-state index contributed by atoms with van der Waals surface area (Å²) in [6.07, 6.45) is 12.7. The number of unbranched alkanes of at least 4 members (excludes halogenated alkanes) is 6. The summed E-state index contributed by atoms with van der Waals surface area (Å²) >= 11 is 0. The Morgan fingerprint density at radius 1 is 0.750 bits per heavy atom. The van der Waals surface area contributed by atoms with E-state index >= 15 is 0 Å². The minimum atomic E-state index is -1.20. The van der Waals surface area contributed by atoms with Gasteiger partial charge in [0, 0.05) is 23.5 Å². The molecule has 1 unspecified atom stereocenters. The number of halogens is 3. The lowest BCUT2D eigenvalue weighted by atomic mass is 10.0. The van der Waals surface area contributed by atoms with Gasteiger partial charge in [0.25, 0.3) is 0 Å². The SMILES string of the molecule is CCCCCCCc1cnc(-c2ccc(-c3ccc(OCC(F)CCCCC)c(F)c3F)cc2)nc1. The monoisotopic (exact) mass is 498 g/mol. The minimum absolute atomic E-state index is 0.116. The van der Waals surface area contributed by atoms with Crippen LogP contribution in [0, 0.1) is 11.6 Å². The molecule has 0 spiro atoms. The van der Waals surface area contributed by atoms with E-state index in [0.29, 0.717) is 17.8 Å². The van der Waals surface area contributed by atoms with Gasteiger partial charge in [-0.3, -0.25) is 0 Å². The van der Waals surface area contributed by atoms with Crippen LogP contribution in [0.5, 0.6) is 5.75 Å². The van der Waals surface area contributed by atoms with Gasteiger partial charge in [-0.05, 0) is 42.5 Å². The molecule has 0 saturated heterocycles. The maximum atomic E-state index is 14.8. The molecule has 36 heavy (non-hydrogen) atoms. The van der Waals surface area contributed by atoms with Gasteiger partial charge in [-0.1, -0.05) is 83.1 Å². The molecule has 3 aromatic rings. The summed E-state index contributed by atoms with van der Waals surface area (Å²) in [4.78, 5) is 8.95. The molecule has 3 nitrogen and oxygen atoms in total. The number of nitrogens with zero attached hydrogens (tertiary/aromatic N) is 2. The van der Waals surface area contributed by atoms with Crippen molar-refractivity contribution >= 4 is 0 Å². The second-order valence-corrected chi connectivity index (χ2v) is 9.30. The Balaban J connectivity index is 1.60. The molecular formula is C30H37F3N2O. The lowest BCUT2D eigenvalue weighted by molar-refractivity contribution is 0.178. The van der Waals surface area contributed by atoms with Crippen molar-refractivity contribution in [3.63, 3.8) is 0 Å². The number of alkyl halides is 1. The van der Waals surface area contributed by atoms with E-state index in [1.54, 1.807) is 24.3 Å². The summed E-state index contributed by atoms with van der Waals surface area (Å²) in [6.45, 7) is 3.96. The van der Waals surface area contributed by atoms with Crippen molar-refractivity contribution in [2.45, 2.75) is 84.2 Å². The molecule has 0 bridgehead atoms. The highest BCUT2D eigenvalue weighted by Gasteiger charge is 2.17. The van der Waals surface area contributed by atoms with Gasteiger partial charge >= 0.3 is 0 Å². The summed E-state index contributed by atoms with van der Waals surface area (Å²) in [5, 5.41) is 0. The zero-order valence-electron chi connectivity index (χ0n) is 21.4. The van der Waals surface area contributed by atoms with E-state index in [1.165, 1.54) is 37.8 Å². The van der Waals surface area contributed by atoms with E-state index in [0.717, 1.165) is 43.2 Å². The second kappa shape index (κ2) is 14.6. The van der Waals surface area contributed by atoms with E-state index in [2.05, 4.69) is 16.9 Å². The van der Waals surface area contributed by atoms with E-state index in [4.69, 9.17) is 4.74 Å². The van der Waals surface area contributed by atoms with Crippen LogP contribution in [-0.2, 0) is 6.42 Å². The first-order valence-electron chi connectivity index (χ1n) is 13.2. The van der Waals surface area contributed by atoms with Crippen LogP contribution in [-0.4, -0.2) is 22.7 Å². The van der Waals surface area contributed by atoms with Gasteiger partial charge in [0.2, 0.25) is 5.82 Å². The zero-order chi connectivity index (χ0) is 25.8. The van der Waals surface area contributed by atoms with Crippen LogP contribution in [0.15, 0.2) is 48.8 Å². The van der Waals surface area contributed by atoms with Crippen molar-refractivity contribution < 1.29 is 17.9 Å². The lowest BCUT2D eigenvalue weighted by Crippen LogP contribution is -2.13. The molecule has 194 valence electrons. The first kappa shape index (κ1) is 27.7. The number of benzene rings is 2. The van der Waals surface area contributed by atoms with Gasteiger partial charge in [0.05, 0.1) is 0 Å². The maximum absolute atomic E-state index is 14.8. The lowest BCUT2D eigenvalue weighted by Gasteiger charge is -2.13. The fourth-order valence-corrected chi connectivity index (χ4v) is 4.11. The van der Waals surface area contributed by atoms with Gasteiger partial charge in [-0.2, -0.15) is 4.39 Å². The molecule has 0 N–H and O–H groups in total. The molecule has 0 radical (unpaired) electrons. The molecule has 0 aliphatic carbocycles. The van der Waals surface area contributed by atoms with Gasteiger partial charge < -0.3 is 4.74 Å². The average molecular weight is 499 g/mol. The summed E-state index contributed by atoms with van der Waals surface area (Å²) in [5.41, 5.74) is 2.55. The van der Waals surface area contributed by atoms with E-state index < -0.39 is 17.8 Å². The second-order valence-electron chi connectivity index (χ2n) is 9.30. The highest BCUT2D eigenvalue weighted by molar-refractivity contribution is 5.69. The first-order valence-corrected chi connectivity index (χ1v) is 13.2. The molecule has 3 rings (SSSR count). The van der Waals surface area contributed by atoms with Crippen molar-refractivity contribution in [2.75, 3.05) is 6.61 Å². The number of aromatic nitrogens is 2. The molecule has 1 aromatic heterocycles. The average Bonchev–Trinajstić information content (AvgIpc) is 2.90. The Morgan fingerprint density at radius 3 is 2.08 bits per heavy atom. The quantitative estimate of drug-likeness (QED) is 0.196. The van der Waals surface area contributed by atoms with E-state index in [-0.39, 0.29) is 17.9 Å². The van der Waals surface area contributed by atoms with Crippen molar-refractivity contribution in [3.8, 4) is 28.3 Å². The molecule has 0 aliphatic heterocycles. The number of ether oxygens (including phenoxy) is 1. The summed E-state index contributed by atoms with van der Waals surface area (Å²) in [5.74, 6) is -1.80. The van der Waals surface area contributed by atoms with E-state index in [9.17, 15) is 13.2 Å².